The van der Waals surface area contributed by atoms with Gasteiger partial charge in [-0.15, -0.1) is 0 Å². The predicted molar refractivity (Wildman–Crippen MR) is 190 cm³/mol. The highest BCUT2D eigenvalue weighted by atomic mass is 32.2. The van der Waals surface area contributed by atoms with Gasteiger partial charge in [0.1, 0.15) is 0 Å². The molecule has 0 aromatic rings. The van der Waals surface area contributed by atoms with Crippen LogP contribution in [0.15, 0.2) is 47.2 Å². The fraction of sp³-hybridized carbons (Fsp3) is 0.784. The Morgan fingerprint density at radius 2 is 1.54 bits per heavy atom. The molecule has 2 saturated carbocycles. The predicted octanol–water partition coefficient (Wildman–Crippen LogP) is 10.9. The summed E-state index contributed by atoms with van der Waals surface area (Å²) < 4.78 is 0. The third-order valence-electron chi connectivity index (χ3n) is 12.2. The number of hydrogen-bond donors (Lipinski definition) is 0. The molecule has 0 spiro atoms. The van der Waals surface area contributed by atoms with E-state index in [1.807, 2.05) is 5.57 Å². The van der Waals surface area contributed by atoms with Crippen LogP contribution in [-0.2, 0) is 0 Å². The van der Waals surface area contributed by atoms with Gasteiger partial charge >= 0.3 is 0 Å². The molecule has 4 heteroatoms. The minimum absolute atomic E-state index is 0.802. The van der Waals surface area contributed by atoms with Crippen molar-refractivity contribution in [2.75, 3.05) is 37.1 Å². The molecule has 1 nitrogen and oxygen atoms in total. The summed E-state index contributed by atoms with van der Waals surface area (Å²) in [4.78, 5) is 2.46. The van der Waals surface area contributed by atoms with E-state index in [2.05, 4.69) is 99.8 Å². The molecule has 0 bridgehead atoms. The van der Waals surface area contributed by atoms with Gasteiger partial charge in [0.05, 0.1) is 8.07 Å². The largest absolute Gasteiger partial charge is 0.378 e. The maximum Gasteiger partial charge on any atom is 0.0548 e. The van der Waals surface area contributed by atoms with Crippen LogP contribution in [0, 0.1) is 35.5 Å². The maximum atomic E-state index is 2.84. The smallest absolute Gasteiger partial charge is 0.0548 e. The Bertz CT molecular complexity index is 983. The molecule has 230 valence electrons. The van der Waals surface area contributed by atoms with Crippen molar-refractivity contribution in [1.29, 1.82) is 0 Å². The molecule has 7 atom stereocenters. The van der Waals surface area contributed by atoms with Crippen molar-refractivity contribution in [3.05, 3.63) is 47.2 Å². The van der Waals surface area contributed by atoms with Crippen LogP contribution in [0.4, 0.5) is 0 Å². The second-order valence-corrected chi connectivity index (χ2v) is 22.7. The lowest BCUT2D eigenvalue weighted by Crippen LogP contribution is -2.43. The highest BCUT2D eigenvalue weighted by Gasteiger charge is 2.55. The zero-order valence-electron chi connectivity index (χ0n) is 27.4. The van der Waals surface area contributed by atoms with Crippen molar-refractivity contribution in [1.82, 2.24) is 4.90 Å². The van der Waals surface area contributed by atoms with E-state index in [0.717, 1.165) is 46.6 Å². The van der Waals surface area contributed by atoms with Crippen molar-refractivity contribution in [3.8, 4) is 0 Å². The first-order valence-electron chi connectivity index (χ1n) is 17.5. The topological polar surface area (TPSA) is 3.24 Å². The van der Waals surface area contributed by atoms with Gasteiger partial charge in [0.25, 0.3) is 0 Å². The Morgan fingerprint density at radius 3 is 2.22 bits per heavy atom. The molecule has 0 aromatic heterocycles. The Balaban J connectivity index is 1.31. The fourth-order valence-electron chi connectivity index (χ4n) is 10.1. The van der Waals surface area contributed by atoms with Crippen molar-refractivity contribution in [2.45, 2.75) is 109 Å². The van der Waals surface area contributed by atoms with E-state index >= 15 is 0 Å². The van der Waals surface area contributed by atoms with Gasteiger partial charge in [0, 0.05) is 19.8 Å². The number of hydrogen-bond acceptors (Lipinski definition) is 3. The summed E-state index contributed by atoms with van der Waals surface area (Å²) >= 11 is 4.31. The first kappa shape index (κ1) is 32.1. The maximum absolute atomic E-state index is 2.84. The molecule has 0 heterocycles. The lowest BCUT2D eigenvalue weighted by Gasteiger charge is -2.44. The summed E-state index contributed by atoms with van der Waals surface area (Å²) in [5.41, 5.74) is 7.16. The number of likely N-dealkylation sites (N-methyl/N-ethyl adjacent to an activating group) is 1. The van der Waals surface area contributed by atoms with Crippen LogP contribution in [0.5, 0.6) is 0 Å². The molecule has 7 unspecified atom stereocenters. The number of fused-ring (bicyclic) bond motifs is 3. The van der Waals surface area contributed by atoms with E-state index in [0.29, 0.717) is 0 Å². The normalized spacial score (nSPS) is 32.8. The Kier molecular flexibility index (Phi) is 11.5. The van der Waals surface area contributed by atoms with Gasteiger partial charge < -0.3 is 4.90 Å². The van der Waals surface area contributed by atoms with Crippen LogP contribution in [0.3, 0.4) is 0 Å². The van der Waals surface area contributed by atoms with Crippen LogP contribution in [-0.4, -0.2) is 50.1 Å². The Morgan fingerprint density at radius 1 is 0.854 bits per heavy atom. The van der Waals surface area contributed by atoms with E-state index in [1.54, 1.807) is 11.3 Å². The van der Waals surface area contributed by atoms with Crippen molar-refractivity contribution in [3.63, 3.8) is 0 Å². The van der Waals surface area contributed by atoms with Gasteiger partial charge in [0.2, 0.25) is 0 Å². The van der Waals surface area contributed by atoms with Crippen LogP contribution in [0.1, 0.15) is 84.5 Å². The summed E-state index contributed by atoms with van der Waals surface area (Å²) in [5.74, 6) is 10.4. The highest BCUT2D eigenvalue weighted by Crippen LogP contribution is 2.63. The molecule has 2 fully saturated rings. The molecule has 0 saturated heterocycles. The average molecular weight is 612 g/mol. The first-order chi connectivity index (χ1) is 19.9. The minimum atomic E-state index is -1.50. The molecule has 0 amide bonds. The van der Waals surface area contributed by atoms with Crippen molar-refractivity contribution in [2.24, 2.45) is 35.5 Å². The molecule has 0 aliphatic heterocycles. The highest BCUT2D eigenvalue weighted by molar-refractivity contribution is 7.99. The van der Waals surface area contributed by atoms with E-state index in [9.17, 15) is 0 Å². The van der Waals surface area contributed by atoms with Crippen LogP contribution >= 0.6 is 23.5 Å². The summed E-state index contributed by atoms with van der Waals surface area (Å²) in [6.45, 7) is 10.3. The SMILES string of the molecule is CCSCCC(CCSCC)CCC1CC([Si](C)(C)C2CCC3C4=C(CCCC4)C(N(C)C)=CC32)C2C=CC=CC12. The summed E-state index contributed by atoms with van der Waals surface area (Å²) in [6, 6.07) is 0. The van der Waals surface area contributed by atoms with Crippen LogP contribution in [0.25, 0.3) is 0 Å². The van der Waals surface area contributed by atoms with Crippen molar-refractivity contribution < 1.29 is 0 Å². The van der Waals surface area contributed by atoms with Crippen LogP contribution in [0.2, 0.25) is 24.2 Å². The van der Waals surface area contributed by atoms with Gasteiger partial charge in [0.15, 0.2) is 0 Å². The quantitative estimate of drug-likeness (QED) is 0.142. The Labute approximate surface area is 263 Å². The number of nitrogens with zero attached hydrogens (tertiary/aromatic N) is 1. The molecule has 5 aliphatic rings. The standard InChI is InChI=1S/C37H61NS2Si/c1-7-39-23-21-27(22-24-40-8-2)17-18-28-25-37(33-16-12-9-13-29(28)33)41(5,6)36-20-19-31-30-14-10-11-15-32(30)35(38(3)4)26-34(31)36/h9,12-13,16,26-29,31,33-34,36-37H,7-8,10-11,14-15,17-25H2,1-6H3. The second kappa shape index (κ2) is 14.6. The lowest BCUT2D eigenvalue weighted by molar-refractivity contribution is 0.337. The molecule has 5 rings (SSSR count). The van der Waals surface area contributed by atoms with Gasteiger partial charge in [-0.25, -0.2) is 0 Å². The van der Waals surface area contributed by atoms with Crippen molar-refractivity contribution >= 4 is 31.6 Å². The second-order valence-electron chi connectivity index (χ2n) is 14.8. The summed E-state index contributed by atoms with van der Waals surface area (Å²) in [7, 11) is 3.11. The number of allylic oxidation sites excluding steroid dienone is 7. The van der Waals surface area contributed by atoms with E-state index in [-0.39, 0.29) is 0 Å². The van der Waals surface area contributed by atoms with E-state index in [4.69, 9.17) is 0 Å². The minimum Gasteiger partial charge on any atom is -0.378 e. The van der Waals surface area contributed by atoms with Crippen LogP contribution < -0.4 is 0 Å². The molecule has 0 aromatic carbocycles. The third kappa shape index (κ3) is 7.00. The molecule has 0 N–H and O–H groups in total. The lowest BCUT2D eigenvalue weighted by atomic mass is 9.74. The van der Waals surface area contributed by atoms with E-state index < -0.39 is 8.07 Å². The van der Waals surface area contributed by atoms with Gasteiger partial charge in [-0.05, 0) is 133 Å². The fourth-order valence-corrected chi connectivity index (χ4v) is 16.7. The zero-order valence-corrected chi connectivity index (χ0v) is 30.0. The third-order valence-corrected chi connectivity index (χ3v) is 19.2. The van der Waals surface area contributed by atoms with Gasteiger partial charge in [-0.3, -0.25) is 0 Å². The number of thioether (sulfide) groups is 2. The summed E-state index contributed by atoms with van der Waals surface area (Å²) in [5, 5.41) is 0. The first-order valence-corrected chi connectivity index (χ1v) is 22.9. The summed E-state index contributed by atoms with van der Waals surface area (Å²) in [6.07, 6.45) is 28.8. The van der Waals surface area contributed by atoms with E-state index in [1.165, 1.54) is 93.6 Å². The molecular weight excluding hydrogens is 551 g/mol. The average Bonchev–Trinajstić information content (AvgIpc) is 3.58. The Hall–Kier alpha value is -0.323. The molecular formula is C37H61NS2Si. The molecule has 41 heavy (non-hydrogen) atoms. The number of rotatable bonds is 14. The zero-order chi connectivity index (χ0) is 29.0. The monoisotopic (exact) mass is 611 g/mol. The molecule has 0 radical (unpaired) electrons. The molecule has 5 aliphatic carbocycles. The van der Waals surface area contributed by atoms with Gasteiger partial charge in [-0.1, -0.05) is 75.7 Å². The van der Waals surface area contributed by atoms with Gasteiger partial charge in [-0.2, -0.15) is 23.5 Å².